The average molecular weight is 338 g/mol. The number of thioether (sulfide) groups is 1. The zero-order valence-corrected chi connectivity index (χ0v) is 13.3. The average Bonchev–Trinajstić information content (AvgIpc) is 3.03. The number of carbonyl (C=O) groups excluding carboxylic acids is 2. The third-order valence-corrected chi connectivity index (χ3v) is 4.56. The number of esters is 1. The van der Waals surface area contributed by atoms with Crippen molar-refractivity contribution in [2.24, 2.45) is 0 Å². The fraction of sp³-hybridized carbons (Fsp3) is 0.400. The highest BCUT2D eigenvalue weighted by Crippen LogP contribution is 2.23. The number of rotatable bonds is 6. The second-order valence-corrected chi connectivity index (χ2v) is 6.06. The fourth-order valence-corrected chi connectivity index (χ4v) is 3.40. The van der Waals surface area contributed by atoms with Crippen molar-refractivity contribution in [3.63, 3.8) is 0 Å². The van der Waals surface area contributed by atoms with Gasteiger partial charge in [0.1, 0.15) is 6.04 Å². The van der Waals surface area contributed by atoms with E-state index in [1.807, 2.05) is 0 Å². The van der Waals surface area contributed by atoms with Gasteiger partial charge in [-0.3, -0.25) is 14.9 Å². The molecule has 0 radical (unpaired) electrons. The van der Waals surface area contributed by atoms with Crippen LogP contribution in [0.15, 0.2) is 30.3 Å². The summed E-state index contributed by atoms with van der Waals surface area (Å²) in [6.45, 7) is 1.85. The van der Waals surface area contributed by atoms with Crippen molar-refractivity contribution in [1.82, 2.24) is 10.6 Å². The number of hydrogen-bond acceptors (Lipinski definition) is 6. The molecule has 1 heterocycles. The fourth-order valence-electron chi connectivity index (χ4n) is 2.13. The van der Waals surface area contributed by atoms with Crippen LogP contribution in [-0.2, 0) is 14.3 Å². The summed E-state index contributed by atoms with van der Waals surface area (Å²) in [7, 11) is 0. The Kier molecular flexibility index (Phi) is 6.00. The summed E-state index contributed by atoms with van der Waals surface area (Å²) in [6, 6.07) is 6.77. The van der Waals surface area contributed by atoms with Crippen LogP contribution in [0.1, 0.15) is 17.3 Å². The van der Waals surface area contributed by atoms with Crippen molar-refractivity contribution in [3.05, 3.63) is 35.9 Å². The number of carbonyl (C=O) groups is 3. The van der Waals surface area contributed by atoms with Crippen molar-refractivity contribution < 1.29 is 24.2 Å². The number of nitrogens with one attached hydrogen (secondary N) is 2. The Balaban J connectivity index is 2.10. The first-order valence-electron chi connectivity index (χ1n) is 7.16. The van der Waals surface area contributed by atoms with Crippen LogP contribution in [0.3, 0.4) is 0 Å². The molecular formula is C15H18N2O5S. The van der Waals surface area contributed by atoms with E-state index < -0.39 is 35.3 Å². The molecule has 1 aromatic carbocycles. The van der Waals surface area contributed by atoms with Crippen molar-refractivity contribution in [3.8, 4) is 0 Å². The van der Waals surface area contributed by atoms with Crippen LogP contribution in [0.25, 0.3) is 0 Å². The van der Waals surface area contributed by atoms with Crippen molar-refractivity contribution >= 4 is 29.6 Å². The molecule has 124 valence electrons. The highest BCUT2D eigenvalue weighted by Gasteiger charge is 2.39. The number of amides is 1. The van der Waals surface area contributed by atoms with Crippen molar-refractivity contribution in [1.29, 1.82) is 0 Å². The van der Waals surface area contributed by atoms with Crippen LogP contribution in [0.5, 0.6) is 0 Å². The molecule has 3 N–H and O–H groups in total. The summed E-state index contributed by atoms with van der Waals surface area (Å²) in [5.74, 6) is -1.67. The summed E-state index contributed by atoms with van der Waals surface area (Å²) in [6.07, 6.45) is 0. The molecule has 1 aliphatic rings. The van der Waals surface area contributed by atoms with Gasteiger partial charge in [-0.1, -0.05) is 18.2 Å². The number of carboxylic acids is 1. The van der Waals surface area contributed by atoms with Gasteiger partial charge in [-0.2, -0.15) is 0 Å². The van der Waals surface area contributed by atoms with Crippen LogP contribution in [0.4, 0.5) is 0 Å². The Bertz CT molecular complexity index is 580. The van der Waals surface area contributed by atoms with E-state index in [9.17, 15) is 14.4 Å². The van der Waals surface area contributed by atoms with Gasteiger partial charge in [0.25, 0.3) is 5.91 Å². The number of hydrogen-bond donors (Lipinski definition) is 3. The molecule has 0 saturated carbocycles. The van der Waals surface area contributed by atoms with Crippen LogP contribution in [-0.4, -0.2) is 52.8 Å². The third-order valence-electron chi connectivity index (χ3n) is 3.27. The SMILES string of the molecule is CCOC(=O)[C@H](NC(=O)c1ccccc1)[C@@H]1N[C@H](C(=O)O)CS1. The van der Waals surface area contributed by atoms with Gasteiger partial charge in [0.05, 0.1) is 12.0 Å². The normalized spacial score (nSPS) is 21.4. The van der Waals surface area contributed by atoms with Gasteiger partial charge < -0.3 is 15.2 Å². The summed E-state index contributed by atoms with van der Waals surface area (Å²) in [5, 5.41) is 13.9. The molecule has 0 spiro atoms. The summed E-state index contributed by atoms with van der Waals surface area (Å²) >= 11 is 1.27. The highest BCUT2D eigenvalue weighted by atomic mass is 32.2. The molecule has 0 bridgehead atoms. The lowest BCUT2D eigenvalue weighted by molar-refractivity contribution is -0.146. The topological polar surface area (TPSA) is 105 Å². The van der Waals surface area contributed by atoms with E-state index in [0.29, 0.717) is 11.3 Å². The lowest BCUT2D eigenvalue weighted by Crippen LogP contribution is -2.53. The summed E-state index contributed by atoms with van der Waals surface area (Å²) < 4.78 is 4.99. The van der Waals surface area contributed by atoms with Gasteiger partial charge in [0, 0.05) is 11.3 Å². The van der Waals surface area contributed by atoms with E-state index in [1.54, 1.807) is 37.3 Å². The lowest BCUT2D eigenvalue weighted by atomic mass is 10.2. The maximum atomic E-state index is 12.3. The highest BCUT2D eigenvalue weighted by molar-refractivity contribution is 8.00. The van der Waals surface area contributed by atoms with Gasteiger partial charge in [-0.25, -0.2) is 4.79 Å². The Morgan fingerprint density at radius 1 is 1.39 bits per heavy atom. The molecule has 3 atom stereocenters. The van der Waals surface area contributed by atoms with Crippen LogP contribution in [0.2, 0.25) is 0 Å². The van der Waals surface area contributed by atoms with E-state index >= 15 is 0 Å². The molecule has 1 aliphatic heterocycles. The predicted octanol–water partition coefficient (Wildman–Crippen LogP) is 0.464. The standard InChI is InChI=1S/C15H18N2O5S/c1-2-22-15(21)11(13-16-10(8-23-13)14(19)20)17-12(18)9-6-4-3-5-7-9/h3-7,10-11,13,16H,2,8H2,1H3,(H,17,18)(H,19,20)/t10-,11+,13+/m0/s1. The zero-order valence-electron chi connectivity index (χ0n) is 12.5. The first-order chi connectivity index (χ1) is 11.0. The third kappa shape index (κ3) is 4.46. The maximum Gasteiger partial charge on any atom is 0.331 e. The predicted molar refractivity (Wildman–Crippen MR) is 85.1 cm³/mol. The van der Waals surface area contributed by atoms with E-state index in [1.165, 1.54) is 11.8 Å². The number of ether oxygens (including phenoxy) is 1. The first-order valence-corrected chi connectivity index (χ1v) is 8.20. The van der Waals surface area contributed by atoms with Crippen molar-refractivity contribution in [2.75, 3.05) is 12.4 Å². The first kappa shape index (κ1) is 17.3. The van der Waals surface area contributed by atoms with Gasteiger partial charge in [-0.05, 0) is 19.1 Å². The zero-order chi connectivity index (χ0) is 16.8. The van der Waals surface area contributed by atoms with Gasteiger partial charge in [0.2, 0.25) is 0 Å². The van der Waals surface area contributed by atoms with Crippen LogP contribution >= 0.6 is 11.8 Å². The van der Waals surface area contributed by atoms with Gasteiger partial charge >= 0.3 is 11.9 Å². The Morgan fingerprint density at radius 2 is 2.09 bits per heavy atom. The number of carboxylic acid groups (broad SMARTS) is 1. The minimum absolute atomic E-state index is 0.177. The second-order valence-electron chi connectivity index (χ2n) is 4.88. The molecule has 2 rings (SSSR count). The second kappa shape index (κ2) is 7.98. The maximum absolute atomic E-state index is 12.3. The van der Waals surface area contributed by atoms with Gasteiger partial charge in [0.15, 0.2) is 6.04 Å². The Morgan fingerprint density at radius 3 is 2.65 bits per heavy atom. The minimum Gasteiger partial charge on any atom is -0.480 e. The van der Waals surface area contributed by atoms with Crippen molar-refractivity contribution in [2.45, 2.75) is 24.4 Å². The minimum atomic E-state index is -0.989. The molecule has 8 heteroatoms. The van der Waals surface area contributed by atoms with Crippen LogP contribution < -0.4 is 10.6 Å². The quantitative estimate of drug-likeness (QED) is 0.647. The number of aliphatic carboxylic acids is 1. The van der Waals surface area contributed by atoms with Gasteiger partial charge in [-0.15, -0.1) is 11.8 Å². The Hall–Kier alpha value is -2.06. The summed E-state index contributed by atoms with van der Waals surface area (Å²) in [4.78, 5) is 35.4. The monoisotopic (exact) mass is 338 g/mol. The molecule has 0 unspecified atom stereocenters. The van der Waals surface area contributed by atoms with Crippen LogP contribution in [0, 0.1) is 0 Å². The number of benzene rings is 1. The molecule has 0 aromatic heterocycles. The van der Waals surface area contributed by atoms with E-state index in [0.717, 1.165) is 0 Å². The lowest BCUT2D eigenvalue weighted by Gasteiger charge is -2.23. The summed E-state index contributed by atoms with van der Waals surface area (Å²) in [5.41, 5.74) is 0.416. The smallest absolute Gasteiger partial charge is 0.331 e. The Labute approximate surface area is 137 Å². The van der Waals surface area contributed by atoms with E-state index in [2.05, 4.69) is 10.6 Å². The van der Waals surface area contributed by atoms with E-state index in [4.69, 9.17) is 9.84 Å². The molecule has 1 saturated heterocycles. The molecule has 1 aromatic rings. The molecule has 7 nitrogen and oxygen atoms in total. The molecule has 23 heavy (non-hydrogen) atoms. The largest absolute Gasteiger partial charge is 0.480 e. The molecule has 1 amide bonds. The molecule has 1 fully saturated rings. The molecule has 0 aliphatic carbocycles. The molecular weight excluding hydrogens is 320 g/mol. The van der Waals surface area contributed by atoms with E-state index in [-0.39, 0.29) is 6.61 Å².